The lowest BCUT2D eigenvalue weighted by Crippen LogP contribution is -2.19. The summed E-state index contributed by atoms with van der Waals surface area (Å²) < 4.78 is 9.62. The van der Waals surface area contributed by atoms with Crippen LogP contribution in [0.25, 0.3) is 0 Å². The van der Waals surface area contributed by atoms with E-state index in [4.69, 9.17) is 20.3 Å². The number of primary amides is 1. The Hall–Kier alpha value is -1.14. The molecular weight excluding hydrogens is 178 g/mol. The van der Waals surface area contributed by atoms with Crippen LogP contribution in [0, 0.1) is 0 Å². The Morgan fingerprint density at radius 2 is 1.77 bits per heavy atom. The van der Waals surface area contributed by atoms with Crippen molar-refractivity contribution in [3.8, 4) is 0 Å². The number of carbonyl (C=O) groups is 2. The van der Waals surface area contributed by atoms with Crippen molar-refractivity contribution in [2.45, 2.75) is 6.42 Å². The first-order valence-electron chi connectivity index (χ1n) is 3.78. The summed E-state index contributed by atoms with van der Waals surface area (Å²) in [6.07, 6.45) is -0.0319. The lowest BCUT2D eigenvalue weighted by molar-refractivity contribution is -0.138. The van der Waals surface area contributed by atoms with Gasteiger partial charge in [-0.05, 0) is 0 Å². The number of nitrogens with two attached hydrogens (primary N) is 1. The fourth-order valence-corrected chi connectivity index (χ4v) is 0.552. The maximum absolute atomic E-state index is 10.2. The molecule has 0 heterocycles. The molecule has 76 valence electrons. The molecule has 0 aromatic rings. The van der Waals surface area contributed by atoms with Crippen LogP contribution in [0.5, 0.6) is 0 Å². The molecule has 0 bridgehead atoms. The molecule has 0 atom stereocenters. The Morgan fingerprint density at radius 1 is 1.15 bits per heavy atom. The van der Waals surface area contributed by atoms with Crippen molar-refractivity contribution >= 4 is 11.9 Å². The second kappa shape index (κ2) is 7.51. The van der Waals surface area contributed by atoms with E-state index >= 15 is 0 Å². The number of carboxylic acid groups (broad SMARTS) is 1. The average Bonchev–Trinajstić information content (AvgIpc) is 2.01. The van der Waals surface area contributed by atoms with Crippen LogP contribution in [0.2, 0.25) is 0 Å². The van der Waals surface area contributed by atoms with Gasteiger partial charge in [0.05, 0.1) is 26.2 Å². The Bertz CT molecular complexity index is 152. The fraction of sp³-hybridized carbons (Fsp3) is 0.714. The second-order valence-electron chi connectivity index (χ2n) is 2.28. The van der Waals surface area contributed by atoms with Gasteiger partial charge in [0, 0.05) is 0 Å². The van der Waals surface area contributed by atoms with Crippen LogP contribution in [0.15, 0.2) is 0 Å². The maximum Gasteiger partial charge on any atom is 0.305 e. The third-order valence-electron chi connectivity index (χ3n) is 1.08. The number of carbonyl (C=O) groups excluding carboxylic acids is 1. The van der Waals surface area contributed by atoms with Gasteiger partial charge in [-0.15, -0.1) is 0 Å². The van der Waals surface area contributed by atoms with Crippen LogP contribution in [0.3, 0.4) is 0 Å². The minimum absolute atomic E-state index is 0.0319. The third-order valence-corrected chi connectivity index (χ3v) is 1.08. The largest absolute Gasteiger partial charge is 0.481 e. The molecule has 0 aromatic carbocycles. The summed E-state index contributed by atoms with van der Waals surface area (Å²) in [7, 11) is 0. The van der Waals surface area contributed by atoms with Gasteiger partial charge in [0.15, 0.2) is 0 Å². The lowest BCUT2D eigenvalue weighted by Gasteiger charge is -2.02. The van der Waals surface area contributed by atoms with Gasteiger partial charge in [0.1, 0.15) is 6.61 Å². The van der Waals surface area contributed by atoms with E-state index in [1.54, 1.807) is 0 Å². The van der Waals surface area contributed by atoms with Gasteiger partial charge >= 0.3 is 5.97 Å². The van der Waals surface area contributed by atoms with Crippen molar-refractivity contribution in [2.24, 2.45) is 5.73 Å². The van der Waals surface area contributed by atoms with Gasteiger partial charge in [-0.25, -0.2) is 0 Å². The molecule has 3 N–H and O–H groups in total. The molecule has 0 aliphatic carbocycles. The van der Waals surface area contributed by atoms with Crippen LogP contribution in [0.4, 0.5) is 0 Å². The standard InChI is InChI=1S/C7H13NO5/c8-6(9)5-13-4-3-12-2-1-7(10)11/h1-5H2,(H2,8,9)(H,10,11). The molecule has 0 aliphatic rings. The fourth-order valence-electron chi connectivity index (χ4n) is 0.552. The minimum Gasteiger partial charge on any atom is -0.481 e. The van der Waals surface area contributed by atoms with Crippen molar-refractivity contribution in [2.75, 3.05) is 26.4 Å². The normalized spacial score (nSPS) is 9.85. The molecule has 6 heteroatoms. The van der Waals surface area contributed by atoms with Gasteiger partial charge in [-0.3, -0.25) is 9.59 Å². The Morgan fingerprint density at radius 3 is 2.31 bits per heavy atom. The summed E-state index contributed by atoms with van der Waals surface area (Å²) >= 11 is 0. The van der Waals surface area contributed by atoms with Crippen molar-refractivity contribution < 1.29 is 24.2 Å². The van der Waals surface area contributed by atoms with Gasteiger partial charge in [-0.1, -0.05) is 0 Å². The van der Waals surface area contributed by atoms with Crippen molar-refractivity contribution in [1.82, 2.24) is 0 Å². The molecule has 0 aromatic heterocycles. The summed E-state index contributed by atoms with van der Waals surface area (Å²) in [5, 5.41) is 8.22. The van der Waals surface area contributed by atoms with Gasteiger partial charge < -0.3 is 20.3 Å². The molecule has 0 saturated carbocycles. The molecule has 0 saturated heterocycles. The number of rotatable bonds is 8. The second-order valence-corrected chi connectivity index (χ2v) is 2.28. The molecule has 0 aliphatic heterocycles. The molecule has 0 radical (unpaired) electrons. The molecule has 1 amide bonds. The van der Waals surface area contributed by atoms with E-state index in [0.717, 1.165) is 0 Å². The van der Waals surface area contributed by atoms with E-state index in [9.17, 15) is 9.59 Å². The first kappa shape index (κ1) is 11.9. The van der Waals surface area contributed by atoms with Crippen LogP contribution in [0.1, 0.15) is 6.42 Å². The summed E-state index contributed by atoms with van der Waals surface area (Å²) in [5.41, 5.74) is 4.79. The monoisotopic (exact) mass is 191 g/mol. The van der Waals surface area contributed by atoms with Crippen molar-refractivity contribution in [1.29, 1.82) is 0 Å². The van der Waals surface area contributed by atoms with E-state index < -0.39 is 11.9 Å². The van der Waals surface area contributed by atoms with Crippen LogP contribution in [-0.4, -0.2) is 43.4 Å². The zero-order chi connectivity index (χ0) is 10.1. The smallest absolute Gasteiger partial charge is 0.305 e. The lowest BCUT2D eigenvalue weighted by atomic mass is 10.5. The molecule has 0 spiro atoms. The summed E-state index contributed by atoms with van der Waals surface area (Å²) in [6.45, 7) is 0.515. The molecule has 0 unspecified atom stereocenters. The highest BCUT2D eigenvalue weighted by Crippen LogP contribution is 1.83. The summed E-state index contributed by atoms with van der Waals surface area (Å²) in [4.78, 5) is 20.2. The summed E-state index contributed by atoms with van der Waals surface area (Å²) in [6, 6.07) is 0. The van der Waals surface area contributed by atoms with E-state index in [0.29, 0.717) is 0 Å². The number of hydrogen-bond donors (Lipinski definition) is 2. The van der Waals surface area contributed by atoms with E-state index in [2.05, 4.69) is 0 Å². The molecule has 13 heavy (non-hydrogen) atoms. The predicted octanol–water partition coefficient (Wildman–Crippen LogP) is -1.02. The van der Waals surface area contributed by atoms with Gasteiger partial charge in [-0.2, -0.15) is 0 Å². The Labute approximate surface area is 75.6 Å². The SMILES string of the molecule is NC(=O)COCCOCCC(=O)O. The average molecular weight is 191 g/mol. The molecule has 0 fully saturated rings. The van der Waals surface area contributed by atoms with Crippen molar-refractivity contribution in [3.05, 3.63) is 0 Å². The zero-order valence-corrected chi connectivity index (χ0v) is 7.19. The number of hydrogen-bond acceptors (Lipinski definition) is 4. The quantitative estimate of drug-likeness (QED) is 0.478. The molecular formula is C7H13NO5. The highest BCUT2D eigenvalue weighted by Gasteiger charge is 1.96. The highest BCUT2D eigenvalue weighted by molar-refractivity contribution is 5.74. The Kier molecular flexibility index (Phi) is 6.85. The Balaban J connectivity index is 3.00. The van der Waals surface area contributed by atoms with E-state index in [1.165, 1.54) is 0 Å². The topological polar surface area (TPSA) is 98.9 Å². The van der Waals surface area contributed by atoms with E-state index in [-0.39, 0.29) is 32.8 Å². The number of aliphatic carboxylic acids is 1. The third kappa shape index (κ3) is 10.9. The molecule has 0 rings (SSSR count). The minimum atomic E-state index is -0.905. The van der Waals surface area contributed by atoms with Gasteiger partial charge in [0.25, 0.3) is 0 Å². The number of amides is 1. The highest BCUT2D eigenvalue weighted by atomic mass is 16.5. The zero-order valence-electron chi connectivity index (χ0n) is 7.19. The molecule has 6 nitrogen and oxygen atoms in total. The predicted molar refractivity (Wildman–Crippen MR) is 43.1 cm³/mol. The van der Waals surface area contributed by atoms with Gasteiger partial charge in [0.2, 0.25) is 5.91 Å². The van der Waals surface area contributed by atoms with Crippen molar-refractivity contribution in [3.63, 3.8) is 0 Å². The first-order valence-corrected chi connectivity index (χ1v) is 3.78. The van der Waals surface area contributed by atoms with Crippen LogP contribution < -0.4 is 5.73 Å². The van der Waals surface area contributed by atoms with Crippen LogP contribution >= 0.6 is 0 Å². The number of carboxylic acids is 1. The maximum atomic E-state index is 10.2. The van der Waals surface area contributed by atoms with E-state index in [1.807, 2.05) is 0 Å². The summed E-state index contributed by atoms with van der Waals surface area (Å²) in [5.74, 6) is -1.44. The number of ether oxygens (including phenoxy) is 2. The first-order chi connectivity index (χ1) is 6.13. The van der Waals surface area contributed by atoms with Crippen LogP contribution in [-0.2, 0) is 19.1 Å².